The fraction of sp³-hybridized carbons (Fsp3) is 0.273. The van der Waals surface area contributed by atoms with E-state index in [-0.39, 0.29) is 5.41 Å². The molecule has 0 bridgehead atoms. The zero-order valence-electron chi connectivity index (χ0n) is 6.98. The predicted molar refractivity (Wildman–Crippen MR) is 58.9 cm³/mol. The van der Waals surface area contributed by atoms with Crippen molar-refractivity contribution >= 4 is 27.5 Å². The first-order chi connectivity index (χ1) is 6.19. The van der Waals surface area contributed by atoms with Crippen LogP contribution in [0.4, 0.5) is 0 Å². The molecule has 2 heteroatoms. The van der Waals surface area contributed by atoms with Gasteiger partial charge in [-0.25, -0.2) is 0 Å². The normalized spacial score (nSPS) is 17.9. The van der Waals surface area contributed by atoms with Crippen LogP contribution in [-0.2, 0) is 5.41 Å². The zero-order chi connectivity index (χ0) is 9.47. The number of rotatable bonds is 1. The maximum Gasteiger partial charge on any atom is 0.0587 e. The molecule has 0 spiro atoms. The molecule has 0 amide bonds. The zero-order valence-corrected chi connectivity index (χ0v) is 9.32. The molecular weight excluding hydrogens is 247 g/mol. The Morgan fingerprint density at radius 1 is 1.46 bits per heavy atom. The third-order valence-corrected chi connectivity index (χ3v) is 3.44. The molecule has 2 rings (SSSR count). The smallest absolute Gasteiger partial charge is 0.0587 e. The molecule has 0 N–H and O–H groups in total. The van der Waals surface area contributed by atoms with Crippen molar-refractivity contribution in [3.8, 4) is 12.3 Å². The van der Waals surface area contributed by atoms with Crippen LogP contribution >= 0.6 is 27.5 Å². The molecule has 0 aliphatic heterocycles. The molecule has 1 fully saturated rings. The second-order valence-electron chi connectivity index (χ2n) is 3.32. The summed E-state index contributed by atoms with van der Waals surface area (Å²) in [5.41, 5.74) is 0.996. The average molecular weight is 256 g/mol. The molecule has 1 saturated carbocycles. The SMILES string of the molecule is C#CC1(c2c(Cl)cccc2Br)CC1. The van der Waals surface area contributed by atoms with Gasteiger partial charge in [-0.1, -0.05) is 39.5 Å². The fourth-order valence-electron chi connectivity index (χ4n) is 1.55. The molecule has 0 atom stereocenters. The van der Waals surface area contributed by atoms with Crippen LogP contribution in [0.25, 0.3) is 0 Å². The molecule has 1 aliphatic rings. The molecule has 0 saturated heterocycles. The molecule has 0 aromatic heterocycles. The van der Waals surface area contributed by atoms with Gasteiger partial charge in [-0.15, -0.1) is 6.42 Å². The van der Waals surface area contributed by atoms with Crippen molar-refractivity contribution in [2.75, 3.05) is 0 Å². The summed E-state index contributed by atoms with van der Waals surface area (Å²) >= 11 is 9.59. The number of hydrogen-bond donors (Lipinski definition) is 0. The molecule has 13 heavy (non-hydrogen) atoms. The molecule has 66 valence electrons. The van der Waals surface area contributed by atoms with Crippen molar-refractivity contribution in [3.05, 3.63) is 33.3 Å². The molecule has 0 unspecified atom stereocenters. The Morgan fingerprint density at radius 2 is 2.15 bits per heavy atom. The van der Waals surface area contributed by atoms with Crippen LogP contribution in [0.2, 0.25) is 5.02 Å². The fourth-order valence-corrected chi connectivity index (χ4v) is 2.76. The Labute approximate surface area is 91.4 Å². The largest absolute Gasteiger partial charge is 0.119 e. The van der Waals surface area contributed by atoms with Crippen molar-refractivity contribution in [2.45, 2.75) is 18.3 Å². The minimum Gasteiger partial charge on any atom is -0.119 e. The topological polar surface area (TPSA) is 0 Å². The van der Waals surface area contributed by atoms with Gasteiger partial charge >= 0.3 is 0 Å². The van der Waals surface area contributed by atoms with Gasteiger partial charge in [-0.3, -0.25) is 0 Å². The molecule has 1 aromatic carbocycles. The highest BCUT2D eigenvalue weighted by Crippen LogP contribution is 2.52. The van der Waals surface area contributed by atoms with Crippen LogP contribution in [0, 0.1) is 12.3 Å². The van der Waals surface area contributed by atoms with Crippen LogP contribution in [0.3, 0.4) is 0 Å². The monoisotopic (exact) mass is 254 g/mol. The van der Waals surface area contributed by atoms with E-state index < -0.39 is 0 Å². The lowest BCUT2D eigenvalue weighted by atomic mass is 9.97. The van der Waals surface area contributed by atoms with E-state index in [2.05, 4.69) is 21.9 Å². The van der Waals surface area contributed by atoms with E-state index in [4.69, 9.17) is 18.0 Å². The Balaban J connectivity index is 2.58. The summed E-state index contributed by atoms with van der Waals surface area (Å²) in [5.74, 6) is 2.84. The van der Waals surface area contributed by atoms with Gasteiger partial charge in [-0.05, 0) is 25.0 Å². The molecule has 0 nitrogen and oxygen atoms in total. The summed E-state index contributed by atoms with van der Waals surface area (Å²) in [6, 6.07) is 5.79. The first-order valence-electron chi connectivity index (χ1n) is 4.12. The summed E-state index contributed by atoms with van der Waals surface area (Å²) in [6.07, 6.45) is 7.60. The summed E-state index contributed by atoms with van der Waals surface area (Å²) in [4.78, 5) is 0. The Morgan fingerprint density at radius 3 is 2.62 bits per heavy atom. The summed E-state index contributed by atoms with van der Waals surface area (Å²) in [6.45, 7) is 0. The van der Waals surface area contributed by atoms with E-state index in [1.165, 1.54) is 0 Å². The minimum atomic E-state index is -0.0861. The van der Waals surface area contributed by atoms with Crippen LogP contribution in [0.1, 0.15) is 18.4 Å². The number of benzene rings is 1. The lowest BCUT2D eigenvalue weighted by molar-refractivity contribution is 0.923. The Kier molecular flexibility index (Phi) is 2.14. The van der Waals surface area contributed by atoms with E-state index in [1.54, 1.807) is 0 Å². The number of terminal acetylenes is 1. The molecule has 1 aromatic rings. The van der Waals surface area contributed by atoms with Crippen LogP contribution in [-0.4, -0.2) is 0 Å². The van der Waals surface area contributed by atoms with Gasteiger partial charge in [0.25, 0.3) is 0 Å². The van der Waals surface area contributed by atoms with Gasteiger partial charge in [-0.2, -0.15) is 0 Å². The van der Waals surface area contributed by atoms with Crippen LogP contribution < -0.4 is 0 Å². The second-order valence-corrected chi connectivity index (χ2v) is 4.58. The standard InChI is InChI=1S/C11H8BrCl/c1-2-11(6-7-11)10-8(12)4-3-5-9(10)13/h1,3-5H,6-7H2. The molecular formula is C11H8BrCl. The lowest BCUT2D eigenvalue weighted by Crippen LogP contribution is -2.04. The predicted octanol–water partition coefficient (Wildman–Crippen LogP) is 3.77. The minimum absolute atomic E-state index is 0.0861. The maximum absolute atomic E-state index is 6.11. The van der Waals surface area contributed by atoms with E-state index in [0.717, 1.165) is 27.9 Å². The van der Waals surface area contributed by atoms with Gasteiger partial charge in [0.1, 0.15) is 0 Å². The van der Waals surface area contributed by atoms with E-state index in [1.807, 2.05) is 18.2 Å². The van der Waals surface area contributed by atoms with Crippen LogP contribution in [0.5, 0.6) is 0 Å². The van der Waals surface area contributed by atoms with Crippen molar-refractivity contribution in [3.63, 3.8) is 0 Å². The summed E-state index contributed by atoms with van der Waals surface area (Å²) < 4.78 is 1.02. The second kappa shape index (κ2) is 3.04. The Hall–Kier alpha value is -0.450. The highest BCUT2D eigenvalue weighted by Gasteiger charge is 2.45. The van der Waals surface area contributed by atoms with Crippen LogP contribution in [0.15, 0.2) is 22.7 Å². The van der Waals surface area contributed by atoms with Gasteiger partial charge < -0.3 is 0 Å². The lowest BCUT2D eigenvalue weighted by Gasteiger charge is -2.12. The molecule has 0 heterocycles. The first kappa shape index (κ1) is 9.12. The van der Waals surface area contributed by atoms with Crippen molar-refractivity contribution in [1.82, 2.24) is 0 Å². The van der Waals surface area contributed by atoms with E-state index >= 15 is 0 Å². The maximum atomic E-state index is 6.11. The summed E-state index contributed by atoms with van der Waals surface area (Å²) in [7, 11) is 0. The summed E-state index contributed by atoms with van der Waals surface area (Å²) in [5, 5.41) is 0.768. The first-order valence-corrected chi connectivity index (χ1v) is 5.29. The number of hydrogen-bond acceptors (Lipinski definition) is 0. The van der Waals surface area contributed by atoms with Gasteiger partial charge in [0.05, 0.1) is 5.41 Å². The van der Waals surface area contributed by atoms with E-state index in [9.17, 15) is 0 Å². The van der Waals surface area contributed by atoms with Crippen molar-refractivity contribution in [1.29, 1.82) is 0 Å². The third-order valence-electron chi connectivity index (χ3n) is 2.47. The quantitative estimate of drug-likeness (QED) is 0.670. The van der Waals surface area contributed by atoms with E-state index in [0.29, 0.717) is 0 Å². The molecule has 0 radical (unpaired) electrons. The average Bonchev–Trinajstić information content (AvgIpc) is 2.85. The molecule has 1 aliphatic carbocycles. The van der Waals surface area contributed by atoms with Crippen molar-refractivity contribution in [2.24, 2.45) is 0 Å². The van der Waals surface area contributed by atoms with Gasteiger partial charge in [0.2, 0.25) is 0 Å². The highest BCUT2D eigenvalue weighted by molar-refractivity contribution is 9.10. The third kappa shape index (κ3) is 1.39. The van der Waals surface area contributed by atoms with Gasteiger partial charge in [0, 0.05) is 15.1 Å². The van der Waals surface area contributed by atoms with Crippen molar-refractivity contribution < 1.29 is 0 Å². The van der Waals surface area contributed by atoms with Gasteiger partial charge in [0.15, 0.2) is 0 Å². The Bertz CT molecular complexity index is 365. The number of halogens is 2. The highest BCUT2D eigenvalue weighted by atomic mass is 79.9.